The number of methoxy groups -OCH3 is 1. The van der Waals surface area contributed by atoms with E-state index in [1.165, 1.54) is 0 Å². The smallest absolute Gasteiger partial charge is 0.306 e. The zero-order chi connectivity index (χ0) is 19.6. The lowest BCUT2D eigenvalue weighted by atomic mass is 9.91. The summed E-state index contributed by atoms with van der Waals surface area (Å²) in [6, 6.07) is 10.9. The summed E-state index contributed by atoms with van der Waals surface area (Å²) < 4.78 is 5.57. The molecule has 1 N–H and O–H groups in total. The van der Waals surface area contributed by atoms with Gasteiger partial charge in [0.2, 0.25) is 0 Å². The van der Waals surface area contributed by atoms with E-state index in [1.54, 1.807) is 19.2 Å². The van der Waals surface area contributed by atoms with E-state index >= 15 is 0 Å². The first-order valence-corrected chi connectivity index (χ1v) is 9.79. The predicted molar refractivity (Wildman–Crippen MR) is 108 cm³/mol. The summed E-state index contributed by atoms with van der Waals surface area (Å²) in [4.78, 5) is 13.6. The topological polar surface area (TPSA) is 49.8 Å². The number of carboxylic acid groups (broad SMARTS) is 1. The lowest BCUT2D eigenvalue weighted by Gasteiger charge is -2.37. The zero-order valence-corrected chi connectivity index (χ0v) is 17.1. The molecule has 1 aliphatic heterocycles. The number of likely N-dealkylation sites (tertiary alicyclic amines) is 1. The van der Waals surface area contributed by atoms with Crippen molar-refractivity contribution in [1.82, 2.24) is 4.90 Å². The third kappa shape index (κ3) is 4.52. The van der Waals surface area contributed by atoms with E-state index < -0.39 is 5.97 Å². The highest BCUT2D eigenvalue weighted by atomic mass is 35.5. The number of rotatable bonds is 5. The third-order valence-corrected chi connectivity index (χ3v) is 5.96. The molecule has 144 valence electrons. The Hall–Kier alpha value is -1.46. The molecule has 1 saturated heterocycles. The fourth-order valence-corrected chi connectivity index (χ4v) is 4.08. The molecular weight excluding hydrogens is 409 g/mol. The lowest BCUT2D eigenvalue weighted by molar-refractivity contribution is -0.143. The van der Waals surface area contributed by atoms with Gasteiger partial charge in [-0.05, 0) is 61.8 Å². The van der Waals surface area contributed by atoms with Crippen LogP contribution in [0.25, 0.3) is 0 Å². The number of hydrogen-bond donors (Lipinski definition) is 1. The molecular formula is C20H20Cl3NO3. The summed E-state index contributed by atoms with van der Waals surface area (Å²) in [7, 11) is 1.62. The molecule has 1 fully saturated rings. The molecule has 1 atom stereocenters. The van der Waals surface area contributed by atoms with Gasteiger partial charge in [0.05, 0.1) is 29.1 Å². The molecule has 27 heavy (non-hydrogen) atoms. The fourth-order valence-electron chi connectivity index (χ4n) is 3.59. The average Bonchev–Trinajstić information content (AvgIpc) is 2.65. The van der Waals surface area contributed by atoms with Crippen molar-refractivity contribution in [2.45, 2.75) is 18.9 Å². The SMILES string of the molecule is COc1ccc(Cl)cc1C(c1ccc(Cl)c(Cl)c1)N1CCC(C(=O)O)CC1. The quantitative estimate of drug-likeness (QED) is 0.679. The number of aliphatic carboxylic acids is 1. The van der Waals surface area contributed by atoms with Crippen molar-refractivity contribution >= 4 is 40.8 Å². The van der Waals surface area contributed by atoms with Crippen molar-refractivity contribution in [2.24, 2.45) is 5.92 Å². The van der Waals surface area contributed by atoms with E-state index in [1.807, 2.05) is 24.3 Å². The molecule has 1 aliphatic rings. The van der Waals surface area contributed by atoms with Crippen LogP contribution in [0, 0.1) is 5.92 Å². The first-order valence-electron chi connectivity index (χ1n) is 8.66. The van der Waals surface area contributed by atoms with Crippen molar-refractivity contribution < 1.29 is 14.6 Å². The Labute approximate surface area is 173 Å². The normalized spacial score (nSPS) is 16.9. The van der Waals surface area contributed by atoms with Crippen LogP contribution in [0.5, 0.6) is 5.75 Å². The number of benzene rings is 2. The van der Waals surface area contributed by atoms with E-state index in [4.69, 9.17) is 39.5 Å². The Morgan fingerprint density at radius 1 is 1.11 bits per heavy atom. The number of ether oxygens (including phenoxy) is 1. The van der Waals surface area contributed by atoms with Crippen LogP contribution < -0.4 is 4.74 Å². The number of carboxylic acids is 1. The molecule has 0 radical (unpaired) electrons. The van der Waals surface area contributed by atoms with Crippen LogP contribution in [0.4, 0.5) is 0 Å². The van der Waals surface area contributed by atoms with Gasteiger partial charge in [-0.25, -0.2) is 0 Å². The van der Waals surface area contributed by atoms with E-state index in [2.05, 4.69) is 4.90 Å². The van der Waals surface area contributed by atoms with Gasteiger partial charge < -0.3 is 9.84 Å². The minimum atomic E-state index is -0.735. The highest BCUT2D eigenvalue weighted by Crippen LogP contribution is 2.40. The number of halogens is 3. The minimum absolute atomic E-state index is 0.164. The van der Waals surface area contributed by atoms with Crippen LogP contribution in [0.2, 0.25) is 15.1 Å². The Morgan fingerprint density at radius 3 is 2.41 bits per heavy atom. The van der Waals surface area contributed by atoms with Gasteiger partial charge in [-0.3, -0.25) is 9.69 Å². The molecule has 7 heteroatoms. The van der Waals surface area contributed by atoms with Crippen LogP contribution in [-0.2, 0) is 4.79 Å². The second-order valence-corrected chi connectivity index (χ2v) is 7.86. The zero-order valence-electron chi connectivity index (χ0n) is 14.8. The molecule has 0 amide bonds. The number of hydrogen-bond acceptors (Lipinski definition) is 3. The van der Waals surface area contributed by atoms with Crippen molar-refractivity contribution in [2.75, 3.05) is 20.2 Å². The van der Waals surface area contributed by atoms with Crippen LogP contribution in [0.3, 0.4) is 0 Å². The van der Waals surface area contributed by atoms with Gasteiger partial charge in [0.25, 0.3) is 0 Å². The van der Waals surface area contributed by atoms with Gasteiger partial charge in [-0.1, -0.05) is 40.9 Å². The van der Waals surface area contributed by atoms with Crippen molar-refractivity contribution in [3.05, 3.63) is 62.6 Å². The fraction of sp³-hybridized carbons (Fsp3) is 0.350. The molecule has 0 aliphatic carbocycles. The van der Waals surface area contributed by atoms with E-state index in [-0.39, 0.29) is 12.0 Å². The Kier molecular flexibility index (Phi) is 6.53. The van der Waals surface area contributed by atoms with Crippen LogP contribution >= 0.6 is 34.8 Å². The first kappa shape index (κ1) is 20.3. The Morgan fingerprint density at radius 2 is 1.81 bits per heavy atom. The second kappa shape index (κ2) is 8.70. The molecule has 0 saturated carbocycles. The highest BCUT2D eigenvalue weighted by Gasteiger charge is 2.32. The maximum Gasteiger partial charge on any atom is 0.306 e. The molecule has 1 heterocycles. The standard InChI is InChI=1S/C20H20Cl3NO3/c1-27-18-5-3-14(21)11-15(18)19(13-2-4-16(22)17(23)10-13)24-8-6-12(7-9-24)20(25)26/h2-5,10-12,19H,6-9H2,1H3,(H,25,26). The van der Waals surface area contributed by atoms with E-state index in [0.29, 0.717) is 41.0 Å². The second-order valence-electron chi connectivity index (χ2n) is 6.61. The first-order chi connectivity index (χ1) is 12.9. The summed E-state index contributed by atoms with van der Waals surface area (Å²) >= 11 is 18.6. The molecule has 2 aromatic carbocycles. The summed E-state index contributed by atoms with van der Waals surface area (Å²) in [5.74, 6) is -0.325. The maximum absolute atomic E-state index is 11.3. The Bertz CT molecular complexity index is 835. The minimum Gasteiger partial charge on any atom is -0.496 e. The molecule has 1 unspecified atom stereocenters. The van der Waals surface area contributed by atoms with Gasteiger partial charge in [0.1, 0.15) is 5.75 Å². The molecule has 3 rings (SSSR count). The third-order valence-electron chi connectivity index (χ3n) is 4.99. The van der Waals surface area contributed by atoms with Crippen molar-refractivity contribution in [1.29, 1.82) is 0 Å². The molecule has 0 spiro atoms. The summed E-state index contributed by atoms with van der Waals surface area (Å²) in [5, 5.41) is 10.9. The number of carbonyl (C=O) groups is 1. The molecule has 2 aromatic rings. The number of nitrogens with zero attached hydrogens (tertiary/aromatic N) is 1. The van der Waals surface area contributed by atoms with Crippen molar-refractivity contribution in [3.63, 3.8) is 0 Å². The largest absolute Gasteiger partial charge is 0.496 e. The van der Waals surface area contributed by atoms with Crippen LogP contribution in [-0.4, -0.2) is 36.2 Å². The Balaban J connectivity index is 2.03. The van der Waals surface area contributed by atoms with Gasteiger partial charge in [0.15, 0.2) is 0 Å². The molecule has 0 aromatic heterocycles. The highest BCUT2D eigenvalue weighted by molar-refractivity contribution is 6.42. The molecule has 4 nitrogen and oxygen atoms in total. The average molecular weight is 429 g/mol. The monoisotopic (exact) mass is 427 g/mol. The summed E-state index contributed by atoms with van der Waals surface area (Å²) in [6.45, 7) is 1.30. The maximum atomic E-state index is 11.3. The van der Waals surface area contributed by atoms with Crippen LogP contribution in [0.1, 0.15) is 30.0 Å². The van der Waals surface area contributed by atoms with Gasteiger partial charge in [-0.15, -0.1) is 0 Å². The molecule has 0 bridgehead atoms. The number of piperidine rings is 1. The summed E-state index contributed by atoms with van der Waals surface area (Å²) in [5.41, 5.74) is 1.87. The van der Waals surface area contributed by atoms with Crippen LogP contribution in [0.15, 0.2) is 36.4 Å². The predicted octanol–water partition coefficient (Wildman–Crippen LogP) is 5.54. The van der Waals surface area contributed by atoms with Gasteiger partial charge in [0, 0.05) is 10.6 Å². The summed E-state index contributed by atoms with van der Waals surface area (Å²) in [6.07, 6.45) is 1.19. The van der Waals surface area contributed by atoms with E-state index in [9.17, 15) is 9.90 Å². The van der Waals surface area contributed by atoms with E-state index in [0.717, 1.165) is 16.9 Å². The van der Waals surface area contributed by atoms with Gasteiger partial charge in [-0.2, -0.15) is 0 Å². The van der Waals surface area contributed by atoms with Crippen molar-refractivity contribution in [3.8, 4) is 5.75 Å². The van der Waals surface area contributed by atoms with Gasteiger partial charge >= 0.3 is 5.97 Å². The lowest BCUT2D eigenvalue weighted by Crippen LogP contribution is -2.39.